The molecule has 0 aliphatic carbocycles. The Hall–Kier alpha value is -1.09. The van der Waals surface area contributed by atoms with Crippen LogP contribution in [-0.4, -0.2) is 24.6 Å². The summed E-state index contributed by atoms with van der Waals surface area (Å²) in [5.41, 5.74) is 2.58. The van der Waals surface area contributed by atoms with E-state index in [1.165, 1.54) is 36.3 Å². The van der Waals surface area contributed by atoms with E-state index in [2.05, 4.69) is 43.1 Å². The fraction of sp³-hybridized carbons (Fsp3) is 0.688. The van der Waals surface area contributed by atoms with E-state index in [1.54, 1.807) is 0 Å². The molecule has 0 bridgehead atoms. The lowest BCUT2D eigenvalue weighted by atomic mass is 10.1. The lowest BCUT2D eigenvalue weighted by molar-refractivity contribution is 0.571. The van der Waals surface area contributed by atoms with Gasteiger partial charge in [0, 0.05) is 25.3 Å². The Morgan fingerprint density at radius 1 is 1.21 bits per heavy atom. The van der Waals surface area contributed by atoms with E-state index < -0.39 is 0 Å². The first-order valence-corrected chi connectivity index (χ1v) is 7.67. The summed E-state index contributed by atoms with van der Waals surface area (Å²) in [5.74, 6) is 1.67. The Kier molecular flexibility index (Phi) is 5.20. The predicted octanol–water partition coefficient (Wildman–Crippen LogP) is 3.30. The average Bonchev–Trinajstić information content (AvgIpc) is 2.45. The molecule has 19 heavy (non-hydrogen) atoms. The Labute approximate surface area is 117 Å². The highest BCUT2D eigenvalue weighted by atomic mass is 15.2. The first-order valence-electron chi connectivity index (χ1n) is 7.67. The number of nitrogens with zero attached hydrogens (tertiary/aromatic N) is 2. The van der Waals surface area contributed by atoms with Crippen LogP contribution in [-0.2, 0) is 6.54 Å². The molecule has 2 rings (SSSR count). The van der Waals surface area contributed by atoms with Crippen molar-refractivity contribution in [3.05, 3.63) is 23.4 Å². The van der Waals surface area contributed by atoms with Gasteiger partial charge in [-0.1, -0.05) is 20.8 Å². The molecule has 1 aromatic rings. The molecule has 3 nitrogen and oxygen atoms in total. The van der Waals surface area contributed by atoms with Gasteiger partial charge >= 0.3 is 0 Å². The van der Waals surface area contributed by atoms with E-state index >= 15 is 0 Å². The number of rotatable bonds is 5. The quantitative estimate of drug-likeness (QED) is 0.881. The number of hydrogen-bond donors (Lipinski definition) is 1. The molecule has 0 radical (unpaired) electrons. The van der Waals surface area contributed by atoms with Crippen molar-refractivity contribution in [2.24, 2.45) is 0 Å². The standard InChI is InChI=1S/C16H27N3/c1-4-17-12-14-10-15(13(2)3)18-16(11-14)19-8-6-5-7-9-19/h10-11,13,17H,4-9,12H2,1-3H3. The molecule has 2 heterocycles. The van der Waals surface area contributed by atoms with Crippen molar-refractivity contribution < 1.29 is 0 Å². The van der Waals surface area contributed by atoms with E-state index in [0.29, 0.717) is 5.92 Å². The van der Waals surface area contributed by atoms with Crippen LogP contribution in [0.25, 0.3) is 0 Å². The summed E-state index contributed by atoms with van der Waals surface area (Å²) in [6.07, 6.45) is 3.97. The molecule has 0 spiro atoms. The lowest BCUT2D eigenvalue weighted by Crippen LogP contribution is -2.30. The van der Waals surface area contributed by atoms with Crippen molar-refractivity contribution in [3.8, 4) is 0 Å². The van der Waals surface area contributed by atoms with Crippen molar-refractivity contribution in [3.63, 3.8) is 0 Å². The minimum Gasteiger partial charge on any atom is -0.357 e. The van der Waals surface area contributed by atoms with Crippen LogP contribution in [0.5, 0.6) is 0 Å². The number of pyridine rings is 1. The van der Waals surface area contributed by atoms with Crippen LogP contribution in [0.15, 0.2) is 12.1 Å². The van der Waals surface area contributed by atoms with Crippen LogP contribution in [0.4, 0.5) is 5.82 Å². The van der Waals surface area contributed by atoms with Gasteiger partial charge in [-0.3, -0.25) is 0 Å². The van der Waals surface area contributed by atoms with Gasteiger partial charge in [-0.15, -0.1) is 0 Å². The van der Waals surface area contributed by atoms with E-state index in [9.17, 15) is 0 Å². The van der Waals surface area contributed by atoms with Gasteiger partial charge in [-0.25, -0.2) is 4.98 Å². The van der Waals surface area contributed by atoms with Crippen LogP contribution >= 0.6 is 0 Å². The summed E-state index contributed by atoms with van der Waals surface area (Å²) in [6.45, 7) is 10.9. The van der Waals surface area contributed by atoms with Crippen molar-refractivity contribution in [1.29, 1.82) is 0 Å². The average molecular weight is 261 g/mol. The highest BCUT2D eigenvalue weighted by molar-refractivity contribution is 5.43. The third-order valence-electron chi connectivity index (χ3n) is 3.74. The zero-order chi connectivity index (χ0) is 13.7. The largest absolute Gasteiger partial charge is 0.357 e. The van der Waals surface area contributed by atoms with Gasteiger partial charge in [0.1, 0.15) is 5.82 Å². The predicted molar refractivity (Wildman–Crippen MR) is 81.8 cm³/mol. The van der Waals surface area contributed by atoms with Crippen LogP contribution < -0.4 is 10.2 Å². The summed E-state index contributed by atoms with van der Waals surface area (Å²) in [7, 11) is 0. The van der Waals surface area contributed by atoms with Gasteiger partial charge in [0.25, 0.3) is 0 Å². The molecule has 1 N–H and O–H groups in total. The number of nitrogens with one attached hydrogen (secondary N) is 1. The Balaban J connectivity index is 2.22. The summed E-state index contributed by atoms with van der Waals surface area (Å²) >= 11 is 0. The molecule has 106 valence electrons. The van der Waals surface area contributed by atoms with Crippen molar-refractivity contribution in [2.75, 3.05) is 24.5 Å². The van der Waals surface area contributed by atoms with E-state index in [1.807, 2.05) is 0 Å². The van der Waals surface area contributed by atoms with Gasteiger partial charge in [0.05, 0.1) is 0 Å². The maximum absolute atomic E-state index is 4.86. The first-order chi connectivity index (χ1) is 9.20. The topological polar surface area (TPSA) is 28.2 Å². The Bertz CT molecular complexity index is 395. The minimum atomic E-state index is 0.491. The zero-order valence-corrected chi connectivity index (χ0v) is 12.6. The highest BCUT2D eigenvalue weighted by Crippen LogP contribution is 2.23. The third-order valence-corrected chi connectivity index (χ3v) is 3.74. The molecule has 1 fully saturated rings. The van der Waals surface area contributed by atoms with E-state index in [4.69, 9.17) is 4.98 Å². The smallest absolute Gasteiger partial charge is 0.129 e. The highest BCUT2D eigenvalue weighted by Gasteiger charge is 2.14. The molecular formula is C16H27N3. The number of anilines is 1. The molecule has 0 amide bonds. The van der Waals surface area contributed by atoms with Gasteiger partial charge < -0.3 is 10.2 Å². The Morgan fingerprint density at radius 3 is 2.58 bits per heavy atom. The van der Waals surface area contributed by atoms with Gasteiger partial charge in [-0.2, -0.15) is 0 Å². The molecule has 0 aromatic carbocycles. The zero-order valence-electron chi connectivity index (χ0n) is 12.6. The number of piperidine rings is 1. The monoisotopic (exact) mass is 261 g/mol. The fourth-order valence-corrected chi connectivity index (χ4v) is 2.55. The second-order valence-corrected chi connectivity index (χ2v) is 5.74. The van der Waals surface area contributed by atoms with E-state index in [-0.39, 0.29) is 0 Å². The van der Waals surface area contributed by atoms with Crippen molar-refractivity contribution in [1.82, 2.24) is 10.3 Å². The second kappa shape index (κ2) is 6.90. The number of hydrogen-bond acceptors (Lipinski definition) is 3. The second-order valence-electron chi connectivity index (χ2n) is 5.74. The van der Waals surface area contributed by atoms with Crippen molar-refractivity contribution in [2.45, 2.75) is 52.5 Å². The fourth-order valence-electron chi connectivity index (χ4n) is 2.55. The molecule has 1 aliphatic rings. The SMILES string of the molecule is CCNCc1cc(C(C)C)nc(N2CCCCC2)c1. The number of aromatic nitrogens is 1. The Morgan fingerprint density at radius 2 is 1.95 bits per heavy atom. The minimum absolute atomic E-state index is 0.491. The molecular weight excluding hydrogens is 234 g/mol. The molecule has 0 atom stereocenters. The molecule has 1 saturated heterocycles. The molecule has 0 saturated carbocycles. The maximum atomic E-state index is 4.86. The van der Waals surface area contributed by atoms with E-state index in [0.717, 1.165) is 26.2 Å². The van der Waals surface area contributed by atoms with Crippen LogP contribution in [0.3, 0.4) is 0 Å². The van der Waals surface area contributed by atoms with Crippen molar-refractivity contribution >= 4 is 5.82 Å². The van der Waals surface area contributed by atoms with Crippen LogP contribution in [0.1, 0.15) is 57.2 Å². The molecule has 1 aliphatic heterocycles. The summed E-state index contributed by atoms with van der Waals surface area (Å²) in [6, 6.07) is 4.51. The van der Waals surface area contributed by atoms with Gasteiger partial charge in [-0.05, 0) is 49.4 Å². The summed E-state index contributed by atoms with van der Waals surface area (Å²) < 4.78 is 0. The van der Waals surface area contributed by atoms with Crippen LogP contribution in [0.2, 0.25) is 0 Å². The first kappa shape index (κ1) is 14.3. The molecule has 3 heteroatoms. The van der Waals surface area contributed by atoms with Crippen LogP contribution in [0, 0.1) is 0 Å². The lowest BCUT2D eigenvalue weighted by Gasteiger charge is -2.28. The summed E-state index contributed by atoms with van der Waals surface area (Å²) in [5, 5.41) is 3.41. The maximum Gasteiger partial charge on any atom is 0.129 e. The van der Waals surface area contributed by atoms with Gasteiger partial charge in [0.2, 0.25) is 0 Å². The summed E-state index contributed by atoms with van der Waals surface area (Å²) in [4.78, 5) is 7.31. The van der Waals surface area contributed by atoms with Gasteiger partial charge in [0.15, 0.2) is 0 Å². The molecule has 1 aromatic heterocycles. The molecule has 0 unspecified atom stereocenters. The normalized spacial score (nSPS) is 16.1. The third kappa shape index (κ3) is 3.93.